The number of carbonyl (C=O) groups excluding carboxylic acids is 2. The Hall–Kier alpha value is -2.93. The highest BCUT2D eigenvalue weighted by Gasteiger charge is 2.30. The van der Waals surface area contributed by atoms with E-state index in [9.17, 15) is 9.59 Å². The standard InChI is InChI=1S/C22H26N2O5.ClH/c1-24-13-16(9-12-20(25)28-3)21-18(5-4-6-19(21)24)23-22(26)29-14-15-7-10-17(27-2)11-8-15;/h4-8,10-11,16H,9,12-14H2,1-3H3,(H,23,26);1H. The first-order chi connectivity index (χ1) is 14.0. The Morgan fingerprint density at radius 3 is 2.53 bits per heavy atom. The van der Waals surface area contributed by atoms with E-state index in [0.29, 0.717) is 18.5 Å². The smallest absolute Gasteiger partial charge is 0.411 e. The van der Waals surface area contributed by atoms with Crippen LogP contribution in [0.4, 0.5) is 16.2 Å². The molecule has 8 heteroatoms. The third-order valence-electron chi connectivity index (χ3n) is 5.09. The van der Waals surface area contributed by atoms with Gasteiger partial charge in [0, 0.05) is 42.9 Å². The molecule has 1 unspecified atom stereocenters. The summed E-state index contributed by atoms with van der Waals surface area (Å²) in [7, 11) is 5.00. The SMILES string of the molecule is COC(=O)CCC1CN(C)c2cccc(NC(=O)OCc3ccc(OC)cc3)c21.Cl. The van der Waals surface area contributed by atoms with Crippen LogP contribution in [0.3, 0.4) is 0 Å². The number of nitrogens with zero attached hydrogens (tertiary/aromatic N) is 1. The molecule has 0 saturated carbocycles. The van der Waals surface area contributed by atoms with E-state index in [2.05, 4.69) is 10.2 Å². The van der Waals surface area contributed by atoms with Crippen LogP contribution >= 0.6 is 12.4 Å². The number of hydrogen-bond acceptors (Lipinski definition) is 6. The number of carbonyl (C=O) groups is 2. The van der Waals surface area contributed by atoms with Gasteiger partial charge in [0.05, 0.1) is 14.2 Å². The second-order valence-corrected chi connectivity index (χ2v) is 6.98. The van der Waals surface area contributed by atoms with E-state index in [4.69, 9.17) is 14.2 Å². The van der Waals surface area contributed by atoms with Gasteiger partial charge in [-0.3, -0.25) is 10.1 Å². The molecule has 0 aliphatic carbocycles. The van der Waals surface area contributed by atoms with E-state index in [-0.39, 0.29) is 30.9 Å². The largest absolute Gasteiger partial charge is 0.497 e. The number of halogens is 1. The van der Waals surface area contributed by atoms with Gasteiger partial charge in [-0.1, -0.05) is 18.2 Å². The molecule has 1 atom stereocenters. The lowest BCUT2D eigenvalue weighted by Gasteiger charge is -2.15. The van der Waals surface area contributed by atoms with Crippen molar-refractivity contribution in [1.29, 1.82) is 0 Å². The van der Waals surface area contributed by atoms with Crippen molar-refractivity contribution in [3.63, 3.8) is 0 Å². The van der Waals surface area contributed by atoms with E-state index in [1.54, 1.807) is 7.11 Å². The number of methoxy groups -OCH3 is 2. The van der Waals surface area contributed by atoms with Crippen molar-refractivity contribution in [1.82, 2.24) is 0 Å². The maximum atomic E-state index is 12.4. The fourth-order valence-electron chi connectivity index (χ4n) is 3.59. The van der Waals surface area contributed by atoms with E-state index in [0.717, 1.165) is 29.1 Å². The van der Waals surface area contributed by atoms with Gasteiger partial charge >= 0.3 is 12.1 Å². The van der Waals surface area contributed by atoms with Gasteiger partial charge in [-0.15, -0.1) is 12.4 Å². The number of hydrogen-bond donors (Lipinski definition) is 1. The van der Waals surface area contributed by atoms with Crippen molar-refractivity contribution < 1.29 is 23.8 Å². The van der Waals surface area contributed by atoms with Gasteiger partial charge in [0.25, 0.3) is 0 Å². The lowest BCUT2D eigenvalue weighted by molar-refractivity contribution is -0.140. The molecule has 0 radical (unpaired) electrons. The zero-order chi connectivity index (χ0) is 20.8. The number of esters is 1. The van der Waals surface area contributed by atoms with Crippen LogP contribution in [-0.4, -0.2) is 39.9 Å². The van der Waals surface area contributed by atoms with Crippen LogP contribution in [0.1, 0.15) is 29.9 Å². The number of likely N-dealkylation sites (N-methyl/N-ethyl adjacent to an activating group) is 1. The van der Waals surface area contributed by atoms with Gasteiger partial charge in [-0.25, -0.2) is 4.79 Å². The summed E-state index contributed by atoms with van der Waals surface area (Å²) in [5.41, 5.74) is 3.66. The fraction of sp³-hybridized carbons (Fsp3) is 0.364. The first-order valence-electron chi connectivity index (χ1n) is 9.49. The quantitative estimate of drug-likeness (QED) is 0.653. The van der Waals surface area contributed by atoms with Crippen molar-refractivity contribution in [2.75, 3.05) is 38.0 Å². The average molecular weight is 435 g/mol. The molecule has 1 amide bonds. The molecule has 1 N–H and O–H groups in total. The molecule has 1 aliphatic heterocycles. The first-order valence-corrected chi connectivity index (χ1v) is 9.49. The number of anilines is 2. The molecule has 0 fully saturated rings. The van der Waals surface area contributed by atoms with Crippen LogP contribution in [0.15, 0.2) is 42.5 Å². The molecule has 0 spiro atoms. The lowest BCUT2D eigenvalue weighted by atomic mass is 9.94. The van der Waals surface area contributed by atoms with Crippen LogP contribution in [-0.2, 0) is 20.9 Å². The van der Waals surface area contributed by atoms with Crippen molar-refractivity contribution >= 4 is 35.8 Å². The Labute approximate surface area is 182 Å². The number of benzene rings is 2. The molecule has 3 rings (SSSR count). The summed E-state index contributed by atoms with van der Waals surface area (Å²) >= 11 is 0. The highest BCUT2D eigenvalue weighted by atomic mass is 35.5. The summed E-state index contributed by atoms with van der Waals surface area (Å²) in [6.07, 6.45) is 0.476. The molecule has 0 saturated heterocycles. The predicted molar refractivity (Wildman–Crippen MR) is 118 cm³/mol. The minimum absolute atomic E-state index is 0. The second kappa shape index (κ2) is 10.7. The summed E-state index contributed by atoms with van der Waals surface area (Å²) in [4.78, 5) is 26.0. The molecule has 2 aromatic rings. The lowest BCUT2D eigenvalue weighted by Crippen LogP contribution is -2.16. The van der Waals surface area contributed by atoms with Gasteiger partial charge in [0.15, 0.2) is 0 Å². The minimum atomic E-state index is -0.518. The van der Waals surface area contributed by atoms with Crippen molar-refractivity contribution in [2.24, 2.45) is 0 Å². The summed E-state index contributed by atoms with van der Waals surface area (Å²) in [6, 6.07) is 13.1. The molecule has 2 aromatic carbocycles. The molecule has 1 heterocycles. The predicted octanol–water partition coefficient (Wildman–Crippen LogP) is 4.35. The maximum Gasteiger partial charge on any atom is 0.411 e. The third-order valence-corrected chi connectivity index (χ3v) is 5.09. The molecule has 0 aromatic heterocycles. The van der Waals surface area contributed by atoms with E-state index < -0.39 is 6.09 Å². The first kappa shape index (κ1) is 23.3. The van der Waals surface area contributed by atoms with Crippen molar-refractivity contribution in [3.05, 3.63) is 53.6 Å². The van der Waals surface area contributed by atoms with Crippen LogP contribution in [0, 0.1) is 0 Å². The molecule has 30 heavy (non-hydrogen) atoms. The highest BCUT2D eigenvalue weighted by molar-refractivity contribution is 5.88. The van der Waals surface area contributed by atoms with Gasteiger partial charge < -0.3 is 19.1 Å². The molecule has 7 nitrogen and oxygen atoms in total. The summed E-state index contributed by atoms with van der Waals surface area (Å²) in [6.45, 7) is 0.947. The summed E-state index contributed by atoms with van der Waals surface area (Å²) < 4.78 is 15.2. The number of ether oxygens (including phenoxy) is 3. The Bertz CT molecular complexity index is 872. The van der Waals surface area contributed by atoms with Gasteiger partial charge in [0.2, 0.25) is 0 Å². The van der Waals surface area contributed by atoms with Gasteiger partial charge in [0.1, 0.15) is 12.4 Å². The van der Waals surface area contributed by atoms with Crippen LogP contribution in [0.25, 0.3) is 0 Å². The zero-order valence-corrected chi connectivity index (χ0v) is 18.2. The zero-order valence-electron chi connectivity index (χ0n) is 17.3. The molecule has 1 aliphatic rings. The van der Waals surface area contributed by atoms with Crippen LogP contribution < -0.4 is 15.0 Å². The second-order valence-electron chi connectivity index (χ2n) is 6.98. The van der Waals surface area contributed by atoms with E-state index in [1.807, 2.05) is 49.5 Å². The molecular weight excluding hydrogens is 408 g/mol. The van der Waals surface area contributed by atoms with Crippen molar-refractivity contribution in [3.8, 4) is 5.75 Å². The monoisotopic (exact) mass is 434 g/mol. The highest BCUT2D eigenvalue weighted by Crippen LogP contribution is 2.42. The maximum absolute atomic E-state index is 12.4. The van der Waals surface area contributed by atoms with Crippen molar-refractivity contribution in [2.45, 2.75) is 25.4 Å². The third kappa shape index (κ3) is 5.57. The Kier molecular flexibility index (Phi) is 8.35. The van der Waals surface area contributed by atoms with E-state index in [1.165, 1.54) is 7.11 Å². The normalized spacial score (nSPS) is 14.4. The topological polar surface area (TPSA) is 77.1 Å². The number of nitrogens with one attached hydrogen (secondary N) is 1. The Morgan fingerprint density at radius 2 is 1.87 bits per heavy atom. The van der Waals surface area contributed by atoms with Gasteiger partial charge in [-0.05, 0) is 36.2 Å². The average Bonchev–Trinajstić information content (AvgIpc) is 3.07. The van der Waals surface area contributed by atoms with Gasteiger partial charge in [-0.2, -0.15) is 0 Å². The Balaban J connectivity index is 0.00000320. The van der Waals surface area contributed by atoms with Crippen LogP contribution in [0.5, 0.6) is 5.75 Å². The number of amides is 1. The number of rotatable bonds is 7. The van der Waals surface area contributed by atoms with E-state index >= 15 is 0 Å². The molecule has 0 bridgehead atoms. The molecule has 162 valence electrons. The fourth-order valence-corrected chi connectivity index (χ4v) is 3.59. The Morgan fingerprint density at radius 1 is 1.13 bits per heavy atom. The summed E-state index contributed by atoms with van der Waals surface area (Å²) in [5.74, 6) is 0.651. The number of fused-ring (bicyclic) bond motifs is 1. The minimum Gasteiger partial charge on any atom is -0.497 e. The summed E-state index contributed by atoms with van der Waals surface area (Å²) in [5, 5.41) is 2.86. The molecular formula is C22H27ClN2O5. The van der Waals surface area contributed by atoms with Crippen LogP contribution in [0.2, 0.25) is 0 Å².